The topological polar surface area (TPSA) is 63.2 Å². The smallest absolute Gasteiger partial charge is 0.261 e. The second kappa shape index (κ2) is 5.91. The molecule has 1 N–H and O–H groups in total. The fourth-order valence-electron chi connectivity index (χ4n) is 1.19. The van der Waals surface area contributed by atoms with Crippen LogP contribution in [0.1, 0.15) is 20.3 Å². The molecule has 0 saturated carbocycles. The molecule has 1 unspecified atom stereocenters. The van der Waals surface area contributed by atoms with Gasteiger partial charge in [0.15, 0.2) is 0 Å². The van der Waals surface area contributed by atoms with Crippen LogP contribution in [0.4, 0.5) is 5.69 Å². The quantitative estimate of drug-likeness (QED) is 0.868. The standard InChI is InChI=1S/C11H13Cl2NO3S/c1-3-7(2)11(15)14-10-5-4-8(6-9(10)12)18(13,16)17/h4-7H,3H2,1-2H3,(H,14,15). The fourth-order valence-corrected chi connectivity index (χ4v) is 2.26. The van der Waals surface area contributed by atoms with E-state index in [4.69, 9.17) is 22.3 Å². The number of carbonyl (C=O) groups excluding carboxylic acids is 1. The van der Waals surface area contributed by atoms with Crippen LogP contribution < -0.4 is 5.32 Å². The maximum Gasteiger partial charge on any atom is 0.261 e. The Balaban J connectivity index is 2.97. The van der Waals surface area contributed by atoms with Crippen molar-refractivity contribution in [3.63, 3.8) is 0 Å². The van der Waals surface area contributed by atoms with Crippen molar-refractivity contribution in [3.05, 3.63) is 23.2 Å². The van der Waals surface area contributed by atoms with Gasteiger partial charge in [-0.25, -0.2) is 8.42 Å². The summed E-state index contributed by atoms with van der Waals surface area (Å²) in [4.78, 5) is 11.6. The van der Waals surface area contributed by atoms with Gasteiger partial charge in [-0.3, -0.25) is 4.79 Å². The number of carbonyl (C=O) groups is 1. The molecule has 0 aliphatic carbocycles. The molecule has 0 bridgehead atoms. The first-order valence-electron chi connectivity index (χ1n) is 5.30. The van der Waals surface area contributed by atoms with E-state index in [0.717, 1.165) is 0 Å². The highest BCUT2D eigenvalue weighted by molar-refractivity contribution is 8.13. The average Bonchev–Trinajstić information content (AvgIpc) is 2.29. The normalized spacial score (nSPS) is 13.1. The number of benzene rings is 1. The molecule has 1 amide bonds. The molecule has 7 heteroatoms. The summed E-state index contributed by atoms with van der Waals surface area (Å²) in [5.41, 5.74) is 0.367. The number of hydrogen-bond donors (Lipinski definition) is 1. The van der Waals surface area contributed by atoms with E-state index in [-0.39, 0.29) is 21.7 Å². The molecule has 0 spiro atoms. The van der Waals surface area contributed by atoms with Crippen molar-refractivity contribution in [2.45, 2.75) is 25.2 Å². The summed E-state index contributed by atoms with van der Waals surface area (Å²) in [5.74, 6) is -0.307. The third kappa shape index (κ3) is 3.86. The van der Waals surface area contributed by atoms with Gasteiger partial charge in [0.05, 0.1) is 15.6 Å². The molecular formula is C11H13Cl2NO3S. The Bertz CT molecular complexity index is 557. The Hall–Kier alpha value is -0.780. The van der Waals surface area contributed by atoms with Crippen LogP contribution in [0.3, 0.4) is 0 Å². The van der Waals surface area contributed by atoms with E-state index in [1.165, 1.54) is 18.2 Å². The maximum absolute atomic E-state index is 11.7. The molecule has 0 aliphatic rings. The van der Waals surface area contributed by atoms with Crippen LogP contribution in [0, 0.1) is 5.92 Å². The van der Waals surface area contributed by atoms with Gasteiger partial charge in [0.25, 0.3) is 9.05 Å². The van der Waals surface area contributed by atoms with Gasteiger partial charge in [0.1, 0.15) is 0 Å². The third-order valence-electron chi connectivity index (χ3n) is 2.54. The highest BCUT2D eigenvalue weighted by atomic mass is 35.7. The number of nitrogens with one attached hydrogen (secondary N) is 1. The summed E-state index contributed by atoms with van der Waals surface area (Å²) in [6.07, 6.45) is 0.706. The lowest BCUT2D eigenvalue weighted by Gasteiger charge is -2.11. The van der Waals surface area contributed by atoms with Crippen LogP contribution in [-0.2, 0) is 13.8 Å². The molecule has 0 aliphatic heterocycles. The predicted octanol–water partition coefficient (Wildman–Crippen LogP) is 3.25. The van der Waals surface area contributed by atoms with Gasteiger partial charge < -0.3 is 5.32 Å². The van der Waals surface area contributed by atoms with E-state index in [0.29, 0.717) is 12.1 Å². The summed E-state index contributed by atoms with van der Waals surface area (Å²) in [6.45, 7) is 3.69. The molecule has 1 aromatic carbocycles. The monoisotopic (exact) mass is 309 g/mol. The van der Waals surface area contributed by atoms with E-state index in [1.807, 2.05) is 6.92 Å². The average molecular weight is 310 g/mol. The lowest BCUT2D eigenvalue weighted by atomic mass is 10.1. The van der Waals surface area contributed by atoms with Gasteiger partial charge >= 0.3 is 0 Å². The molecule has 100 valence electrons. The van der Waals surface area contributed by atoms with Gasteiger partial charge in [0.2, 0.25) is 5.91 Å². The zero-order chi connectivity index (χ0) is 13.9. The summed E-state index contributed by atoms with van der Waals surface area (Å²) in [6, 6.07) is 3.91. The van der Waals surface area contributed by atoms with E-state index < -0.39 is 9.05 Å². The van der Waals surface area contributed by atoms with Crippen molar-refractivity contribution in [1.29, 1.82) is 0 Å². The van der Waals surface area contributed by atoms with Crippen LogP contribution in [0.25, 0.3) is 0 Å². The highest BCUT2D eigenvalue weighted by Gasteiger charge is 2.15. The number of anilines is 1. The third-order valence-corrected chi connectivity index (χ3v) is 4.20. The van der Waals surface area contributed by atoms with Crippen molar-refractivity contribution in [3.8, 4) is 0 Å². The lowest BCUT2D eigenvalue weighted by molar-refractivity contribution is -0.119. The molecule has 1 aromatic rings. The largest absolute Gasteiger partial charge is 0.325 e. The van der Waals surface area contributed by atoms with E-state index in [1.54, 1.807) is 6.92 Å². The molecule has 18 heavy (non-hydrogen) atoms. The Morgan fingerprint density at radius 2 is 2.06 bits per heavy atom. The zero-order valence-corrected chi connectivity index (χ0v) is 12.2. The molecular weight excluding hydrogens is 297 g/mol. The lowest BCUT2D eigenvalue weighted by Crippen LogP contribution is -2.19. The number of amides is 1. The molecule has 0 fully saturated rings. The van der Waals surface area contributed by atoms with Crippen molar-refractivity contribution < 1.29 is 13.2 Å². The Morgan fingerprint density at radius 3 is 2.50 bits per heavy atom. The van der Waals surface area contributed by atoms with Crippen molar-refractivity contribution in [2.75, 3.05) is 5.32 Å². The van der Waals surface area contributed by atoms with Crippen molar-refractivity contribution in [2.24, 2.45) is 5.92 Å². The SMILES string of the molecule is CCC(C)C(=O)Nc1ccc(S(=O)(=O)Cl)cc1Cl. The van der Waals surface area contributed by atoms with Gasteiger partial charge in [-0.05, 0) is 24.6 Å². The summed E-state index contributed by atoms with van der Waals surface area (Å²) < 4.78 is 22.2. The van der Waals surface area contributed by atoms with Gasteiger partial charge in [-0.2, -0.15) is 0 Å². The highest BCUT2D eigenvalue weighted by Crippen LogP contribution is 2.27. The van der Waals surface area contributed by atoms with Gasteiger partial charge in [0, 0.05) is 16.6 Å². The second-order valence-electron chi connectivity index (χ2n) is 3.88. The molecule has 0 aromatic heterocycles. The van der Waals surface area contributed by atoms with Crippen molar-refractivity contribution in [1.82, 2.24) is 0 Å². The minimum absolute atomic E-state index is 0.101. The van der Waals surface area contributed by atoms with Crippen molar-refractivity contribution >= 4 is 42.9 Å². The van der Waals surface area contributed by atoms with Crippen LogP contribution >= 0.6 is 22.3 Å². The Morgan fingerprint density at radius 1 is 1.44 bits per heavy atom. The Kier molecular flexibility index (Phi) is 5.01. The zero-order valence-electron chi connectivity index (χ0n) is 9.91. The molecule has 1 rings (SSSR count). The minimum atomic E-state index is -3.82. The van der Waals surface area contributed by atoms with Gasteiger partial charge in [-0.1, -0.05) is 25.4 Å². The summed E-state index contributed by atoms with van der Waals surface area (Å²) >= 11 is 5.89. The van der Waals surface area contributed by atoms with Crippen LogP contribution in [0.2, 0.25) is 5.02 Å². The first-order valence-corrected chi connectivity index (χ1v) is 7.99. The fraction of sp³-hybridized carbons (Fsp3) is 0.364. The number of hydrogen-bond acceptors (Lipinski definition) is 3. The number of rotatable bonds is 4. The van der Waals surface area contributed by atoms with E-state index in [2.05, 4.69) is 5.32 Å². The summed E-state index contributed by atoms with van der Waals surface area (Å²) in [7, 11) is 1.37. The van der Waals surface area contributed by atoms with Gasteiger partial charge in [-0.15, -0.1) is 0 Å². The van der Waals surface area contributed by atoms with Crippen LogP contribution in [0.5, 0.6) is 0 Å². The van der Waals surface area contributed by atoms with Crippen LogP contribution in [-0.4, -0.2) is 14.3 Å². The molecule has 0 saturated heterocycles. The van der Waals surface area contributed by atoms with E-state index >= 15 is 0 Å². The first kappa shape index (κ1) is 15.3. The maximum atomic E-state index is 11.7. The first-order chi connectivity index (χ1) is 8.25. The number of halogens is 2. The Labute approximate surface area is 116 Å². The molecule has 4 nitrogen and oxygen atoms in total. The predicted molar refractivity (Wildman–Crippen MR) is 72.6 cm³/mol. The minimum Gasteiger partial charge on any atom is -0.325 e. The summed E-state index contributed by atoms with van der Waals surface area (Å²) in [5, 5.41) is 2.76. The van der Waals surface area contributed by atoms with Crippen LogP contribution in [0.15, 0.2) is 23.1 Å². The second-order valence-corrected chi connectivity index (χ2v) is 6.85. The molecule has 0 radical (unpaired) electrons. The van der Waals surface area contributed by atoms with E-state index in [9.17, 15) is 13.2 Å². The molecule has 1 atom stereocenters. The molecule has 0 heterocycles.